The molecular formula is C62H119NO8. The molecule has 0 aliphatic rings. The molecule has 2 unspecified atom stereocenters. The molecule has 0 aromatic carbocycles. The van der Waals surface area contributed by atoms with Crippen molar-refractivity contribution in [3.05, 3.63) is 12.2 Å². The first kappa shape index (κ1) is 69.0. The molecule has 0 aromatic heterocycles. The van der Waals surface area contributed by atoms with Crippen molar-refractivity contribution < 1.29 is 42.9 Å². The molecule has 71 heavy (non-hydrogen) atoms. The van der Waals surface area contributed by atoms with Crippen LogP contribution in [-0.2, 0) is 33.3 Å². The molecule has 0 fully saturated rings. The van der Waals surface area contributed by atoms with Gasteiger partial charge in [0.1, 0.15) is 13.2 Å². The summed E-state index contributed by atoms with van der Waals surface area (Å²) in [7, 11) is 5.91. The van der Waals surface area contributed by atoms with Gasteiger partial charge in [0.25, 0.3) is 0 Å². The lowest BCUT2D eigenvalue weighted by Crippen LogP contribution is -2.44. The van der Waals surface area contributed by atoms with Crippen molar-refractivity contribution in [3.63, 3.8) is 0 Å². The number of esters is 2. The third kappa shape index (κ3) is 55.6. The van der Waals surface area contributed by atoms with E-state index in [1.165, 1.54) is 231 Å². The molecule has 0 rings (SSSR count). The summed E-state index contributed by atoms with van der Waals surface area (Å²) in [4.78, 5) is 36.8. The number of likely N-dealkylation sites (N-methyl/N-ethyl adjacent to an activating group) is 1. The molecule has 0 aromatic rings. The molecule has 0 heterocycles. The molecule has 420 valence electrons. The summed E-state index contributed by atoms with van der Waals surface area (Å²) in [6.07, 6.45) is 60.9. The predicted octanol–water partition coefficient (Wildman–Crippen LogP) is 16.8. The largest absolute Gasteiger partial charge is 0.545 e. The third-order valence-corrected chi connectivity index (χ3v) is 14.0. The number of unbranched alkanes of at least 4 members (excludes halogenated alkanes) is 41. The van der Waals surface area contributed by atoms with E-state index >= 15 is 0 Å². The van der Waals surface area contributed by atoms with Crippen molar-refractivity contribution in [2.24, 2.45) is 0 Å². The predicted molar refractivity (Wildman–Crippen MR) is 297 cm³/mol. The number of carboxylic acid groups (broad SMARTS) is 1. The van der Waals surface area contributed by atoms with Gasteiger partial charge in [-0.25, -0.2) is 0 Å². The molecular weight excluding hydrogens is 887 g/mol. The fraction of sp³-hybridized carbons (Fsp3) is 0.919. The summed E-state index contributed by atoms with van der Waals surface area (Å²) in [6, 6.07) is 0. The first-order valence-electron chi connectivity index (χ1n) is 30.8. The Bertz CT molecular complexity index is 1170. The molecule has 0 radical (unpaired) electrons. The van der Waals surface area contributed by atoms with E-state index in [2.05, 4.69) is 26.0 Å². The van der Waals surface area contributed by atoms with Gasteiger partial charge in [0.15, 0.2) is 12.4 Å². The number of carbonyl (C=O) groups is 3. The Hall–Kier alpha value is -1.97. The smallest absolute Gasteiger partial charge is 0.306 e. The van der Waals surface area contributed by atoms with Crippen LogP contribution in [0.15, 0.2) is 12.2 Å². The van der Waals surface area contributed by atoms with Crippen LogP contribution in [0.4, 0.5) is 0 Å². The molecule has 9 heteroatoms. The lowest BCUT2D eigenvalue weighted by Gasteiger charge is -2.26. The molecule has 2 atom stereocenters. The van der Waals surface area contributed by atoms with E-state index in [1.807, 2.05) is 21.1 Å². The maximum Gasteiger partial charge on any atom is 0.306 e. The van der Waals surface area contributed by atoms with Crippen LogP contribution in [-0.4, -0.2) is 82.3 Å². The van der Waals surface area contributed by atoms with Gasteiger partial charge in [0.05, 0.1) is 40.3 Å². The molecule has 0 spiro atoms. The maximum absolute atomic E-state index is 12.7. The number of hydrogen-bond acceptors (Lipinski definition) is 8. The second-order valence-electron chi connectivity index (χ2n) is 22.4. The zero-order valence-electron chi connectivity index (χ0n) is 47.9. The Labute approximate surface area is 440 Å². The first-order valence-corrected chi connectivity index (χ1v) is 30.8. The summed E-state index contributed by atoms with van der Waals surface area (Å²) >= 11 is 0. The van der Waals surface area contributed by atoms with Crippen molar-refractivity contribution in [2.75, 3.05) is 47.5 Å². The number of quaternary nitrogens is 1. The van der Waals surface area contributed by atoms with Crippen LogP contribution in [0.2, 0.25) is 0 Å². The van der Waals surface area contributed by atoms with Crippen LogP contribution in [0.3, 0.4) is 0 Å². The van der Waals surface area contributed by atoms with Crippen LogP contribution < -0.4 is 5.11 Å². The fourth-order valence-electron chi connectivity index (χ4n) is 9.24. The molecule has 0 saturated carbocycles. The summed E-state index contributed by atoms with van der Waals surface area (Å²) in [5.41, 5.74) is 0. The van der Waals surface area contributed by atoms with Crippen molar-refractivity contribution in [1.82, 2.24) is 0 Å². The van der Waals surface area contributed by atoms with E-state index in [0.717, 1.165) is 51.4 Å². The van der Waals surface area contributed by atoms with Crippen LogP contribution in [0.5, 0.6) is 0 Å². The summed E-state index contributed by atoms with van der Waals surface area (Å²) < 4.78 is 22.5. The number of carboxylic acids is 1. The van der Waals surface area contributed by atoms with Gasteiger partial charge in [-0.3, -0.25) is 9.59 Å². The van der Waals surface area contributed by atoms with Gasteiger partial charge in [-0.15, -0.1) is 0 Å². The highest BCUT2D eigenvalue weighted by atomic mass is 16.7. The Morgan fingerprint density at radius 3 is 1.04 bits per heavy atom. The molecule has 0 saturated heterocycles. The number of rotatable bonds is 58. The van der Waals surface area contributed by atoms with E-state index in [-0.39, 0.29) is 32.2 Å². The molecule has 0 bridgehead atoms. The zero-order chi connectivity index (χ0) is 52.0. The highest BCUT2D eigenvalue weighted by Crippen LogP contribution is 2.18. The van der Waals surface area contributed by atoms with E-state index < -0.39 is 24.3 Å². The SMILES string of the molecule is CCCCCCCCCC/C=C\CCCCCCCCCCCCCCCCCCCCCCCCCCCCCCCC(=O)OC(COC(=O)CCCCCCC)COC(OCC[N+](C)(C)C)C(=O)[O-]. The van der Waals surface area contributed by atoms with E-state index in [0.29, 0.717) is 17.4 Å². The molecule has 0 amide bonds. The minimum absolute atomic E-state index is 0.152. The maximum atomic E-state index is 12.7. The lowest BCUT2D eigenvalue weighted by atomic mass is 10.0. The molecule has 0 aliphatic carbocycles. The van der Waals surface area contributed by atoms with Crippen molar-refractivity contribution >= 4 is 17.9 Å². The summed E-state index contributed by atoms with van der Waals surface area (Å²) in [5.74, 6) is -2.28. The first-order chi connectivity index (χ1) is 34.6. The monoisotopic (exact) mass is 1010 g/mol. The molecule has 0 aliphatic heterocycles. The fourth-order valence-corrected chi connectivity index (χ4v) is 9.24. The van der Waals surface area contributed by atoms with Gasteiger partial charge in [0.2, 0.25) is 0 Å². The number of allylic oxidation sites excluding steroid dienone is 2. The van der Waals surface area contributed by atoms with Gasteiger partial charge in [-0.05, 0) is 38.5 Å². The van der Waals surface area contributed by atoms with Crippen LogP contribution in [0, 0.1) is 0 Å². The zero-order valence-corrected chi connectivity index (χ0v) is 47.9. The van der Waals surface area contributed by atoms with Crippen molar-refractivity contribution in [3.8, 4) is 0 Å². The second kappa shape index (κ2) is 54.3. The number of nitrogens with zero attached hydrogens (tertiary/aromatic N) is 1. The Balaban J connectivity index is 3.69. The molecule has 9 nitrogen and oxygen atoms in total. The normalized spacial score (nSPS) is 12.7. The van der Waals surface area contributed by atoms with E-state index in [1.54, 1.807) is 0 Å². The van der Waals surface area contributed by atoms with E-state index in [4.69, 9.17) is 18.9 Å². The standard InChI is InChI=1S/C62H119NO8/c1-6-8-10-12-13-14-15-16-17-18-19-20-21-22-23-24-25-26-27-28-29-30-31-32-33-34-35-36-37-38-39-40-41-42-43-44-45-46-47-49-51-53-60(65)71-58(56-69-59(64)52-50-48-11-9-7-2)57-70-62(61(66)67)68-55-54-63(3,4)5/h18-19,58,62H,6-17,20-57H2,1-5H3/b19-18-. The Kier molecular flexibility index (Phi) is 52.8. The van der Waals surface area contributed by atoms with E-state index in [9.17, 15) is 19.5 Å². The summed E-state index contributed by atoms with van der Waals surface area (Å²) in [5, 5.41) is 11.7. The van der Waals surface area contributed by atoms with Gasteiger partial charge < -0.3 is 33.3 Å². The number of hydrogen-bond donors (Lipinski definition) is 0. The quantitative estimate of drug-likeness (QED) is 0.0195. The average molecular weight is 1010 g/mol. The van der Waals surface area contributed by atoms with Gasteiger partial charge in [-0.2, -0.15) is 0 Å². The minimum atomic E-state index is -1.61. The third-order valence-electron chi connectivity index (χ3n) is 14.0. The van der Waals surface area contributed by atoms with Crippen molar-refractivity contribution in [2.45, 2.75) is 322 Å². The topological polar surface area (TPSA) is 111 Å². The lowest BCUT2D eigenvalue weighted by molar-refractivity contribution is -0.870. The van der Waals surface area contributed by atoms with Gasteiger partial charge >= 0.3 is 11.9 Å². The Morgan fingerprint density at radius 2 is 0.718 bits per heavy atom. The van der Waals surface area contributed by atoms with Gasteiger partial charge in [-0.1, -0.05) is 270 Å². The molecule has 0 N–H and O–H groups in total. The highest BCUT2D eigenvalue weighted by Gasteiger charge is 2.22. The van der Waals surface area contributed by atoms with Crippen LogP contribution >= 0.6 is 0 Å². The second-order valence-corrected chi connectivity index (χ2v) is 22.4. The van der Waals surface area contributed by atoms with Crippen LogP contribution in [0.25, 0.3) is 0 Å². The number of aliphatic carboxylic acids is 1. The van der Waals surface area contributed by atoms with Gasteiger partial charge in [0, 0.05) is 12.8 Å². The summed E-state index contributed by atoms with van der Waals surface area (Å²) in [6.45, 7) is 4.68. The van der Waals surface area contributed by atoms with Crippen molar-refractivity contribution in [1.29, 1.82) is 0 Å². The minimum Gasteiger partial charge on any atom is -0.545 e. The average Bonchev–Trinajstić information content (AvgIpc) is 3.34. The highest BCUT2D eigenvalue weighted by molar-refractivity contribution is 5.70. The number of ether oxygens (including phenoxy) is 4. The van der Waals surface area contributed by atoms with Crippen LogP contribution in [0.1, 0.15) is 309 Å². The number of carbonyl (C=O) groups excluding carboxylic acids is 3. The Morgan fingerprint density at radius 1 is 0.408 bits per heavy atom.